The molecule has 0 fully saturated rings. The van der Waals surface area contributed by atoms with E-state index in [9.17, 15) is 0 Å². The largest absolute Gasteiger partial charge is 0.489 e. The van der Waals surface area contributed by atoms with Gasteiger partial charge in [0.15, 0.2) is 0 Å². The summed E-state index contributed by atoms with van der Waals surface area (Å²) in [5, 5.41) is 0.941. The van der Waals surface area contributed by atoms with Crippen LogP contribution in [0.15, 0.2) is 12.1 Å². The van der Waals surface area contributed by atoms with Crippen LogP contribution < -0.4 is 16.0 Å². The molecule has 0 saturated heterocycles. The molecule has 0 aliphatic heterocycles. The third kappa shape index (κ3) is 7.39. The number of alkyl halides is 2. The summed E-state index contributed by atoms with van der Waals surface area (Å²) in [6, 6.07) is 3.26. The summed E-state index contributed by atoms with van der Waals surface area (Å²) in [4.78, 5) is -0.222. The fourth-order valence-electron chi connectivity index (χ4n) is 0.984. The molecular formula is C11H16Cl4N2O. The van der Waals surface area contributed by atoms with Gasteiger partial charge in [-0.1, -0.05) is 23.2 Å². The van der Waals surface area contributed by atoms with Crippen molar-refractivity contribution in [2.75, 3.05) is 5.43 Å². The van der Waals surface area contributed by atoms with Gasteiger partial charge in [-0.05, 0) is 26.8 Å². The Morgan fingerprint density at radius 2 is 1.61 bits per heavy atom. The molecule has 0 spiro atoms. The molecule has 0 aliphatic carbocycles. The lowest BCUT2D eigenvalue weighted by Gasteiger charge is -2.13. The van der Waals surface area contributed by atoms with Crippen molar-refractivity contribution in [2.45, 2.75) is 31.7 Å². The Labute approximate surface area is 127 Å². The molecule has 1 rings (SSSR count). The Morgan fingerprint density at radius 1 is 1.11 bits per heavy atom. The van der Waals surface area contributed by atoms with E-state index in [1.807, 2.05) is 13.8 Å². The fourth-order valence-corrected chi connectivity index (χ4v) is 1.47. The molecule has 0 radical (unpaired) electrons. The standard InChI is InChI=1S/C9H12Cl2N2O.C2H4Cl2/c1-5(2)14-9-4-8(13-12)6(10)3-7(9)11;1-2(3)4/h3-5,13H,12H2,1-2H3;2H,1H3. The van der Waals surface area contributed by atoms with Crippen molar-refractivity contribution in [3.8, 4) is 5.75 Å². The van der Waals surface area contributed by atoms with Crippen LogP contribution in [-0.2, 0) is 0 Å². The van der Waals surface area contributed by atoms with Crippen molar-refractivity contribution in [1.29, 1.82) is 0 Å². The molecule has 3 N–H and O–H groups in total. The summed E-state index contributed by atoms with van der Waals surface area (Å²) in [5.41, 5.74) is 3.06. The summed E-state index contributed by atoms with van der Waals surface area (Å²) >= 11 is 21.9. The maximum atomic E-state index is 5.92. The minimum Gasteiger partial charge on any atom is -0.489 e. The van der Waals surface area contributed by atoms with Crippen molar-refractivity contribution >= 4 is 52.1 Å². The first-order valence-electron chi connectivity index (χ1n) is 5.18. The molecule has 0 amide bonds. The van der Waals surface area contributed by atoms with Crippen LogP contribution in [0.3, 0.4) is 0 Å². The third-order valence-electron chi connectivity index (χ3n) is 1.54. The Hall–Kier alpha value is -0.0600. The lowest BCUT2D eigenvalue weighted by atomic mass is 10.3. The second kappa shape index (κ2) is 8.94. The first-order valence-corrected chi connectivity index (χ1v) is 6.81. The Balaban J connectivity index is 0.000000631. The maximum Gasteiger partial charge on any atom is 0.140 e. The summed E-state index contributed by atoms with van der Waals surface area (Å²) < 4.78 is 5.46. The normalized spacial score (nSPS) is 10.1. The van der Waals surface area contributed by atoms with Crippen molar-refractivity contribution in [3.63, 3.8) is 0 Å². The van der Waals surface area contributed by atoms with Gasteiger partial charge in [-0.2, -0.15) is 0 Å². The van der Waals surface area contributed by atoms with Gasteiger partial charge in [0.2, 0.25) is 0 Å². The van der Waals surface area contributed by atoms with Gasteiger partial charge in [-0.15, -0.1) is 23.2 Å². The smallest absolute Gasteiger partial charge is 0.140 e. The van der Waals surface area contributed by atoms with E-state index < -0.39 is 0 Å². The molecular weight excluding hydrogens is 318 g/mol. The molecule has 0 aromatic heterocycles. The van der Waals surface area contributed by atoms with Gasteiger partial charge in [-0.25, -0.2) is 0 Å². The molecule has 7 heteroatoms. The number of nitrogens with two attached hydrogens (primary N) is 1. The van der Waals surface area contributed by atoms with Crippen LogP contribution in [0.2, 0.25) is 10.0 Å². The first-order chi connectivity index (χ1) is 8.27. The lowest BCUT2D eigenvalue weighted by molar-refractivity contribution is 0.242. The Bertz CT molecular complexity index is 370. The van der Waals surface area contributed by atoms with Crippen LogP contribution in [0.25, 0.3) is 0 Å². The zero-order valence-corrected chi connectivity index (χ0v) is 13.3. The highest BCUT2D eigenvalue weighted by molar-refractivity contribution is 6.43. The maximum absolute atomic E-state index is 5.92. The number of nitrogen functional groups attached to an aromatic ring is 1. The van der Waals surface area contributed by atoms with Gasteiger partial charge < -0.3 is 10.2 Å². The van der Waals surface area contributed by atoms with E-state index >= 15 is 0 Å². The number of nitrogens with one attached hydrogen (secondary N) is 1. The highest BCUT2D eigenvalue weighted by atomic mass is 35.5. The molecule has 18 heavy (non-hydrogen) atoms. The van der Waals surface area contributed by atoms with Crippen molar-refractivity contribution in [3.05, 3.63) is 22.2 Å². The Kier molecular flexibility index (Phi) is 8.91. The van der Waals surface area contributed by atoms with Crippen LogP contribution in [-0.4, -0.2) is 10.9 Å². The summed E-state index contributed by atoms with van der Waals surface area (Å²) in [7, 11) is 0. The molecule has 0 saturated carbocycles. The minimum atomic E-state index is -0.222. The average Bonchev–Trinajstić information content (AvgIpc) is 2.20. The predicted molar refractivity (Wildman–Crippen MR) is 81.2 cm³/mol. The van der Waals surface area contributed by atoms with E-state index in [1.54, 1.807) is 19.1 Å². The second-order valence-corrected chi connectivity index (χ2v) is 5.94. The van der Waals surface area contributed by atoms with Gasteiger partial charge in [0.25, 0.3) is 0 Å². The summed E-state index contributed by atoms with van der Waals surface area (Å²) in [6.07, 6.45) is 0.0549. The SMILES string of the molecule is CC(C)Oc1cc(NN)c(Cl)cc1Cl.CC(Cl)Cl. The number of hydrogen-bond donors (Lipinski definition) is 2. The summed E-state index contributed by atoms with van der Waals surface area (Å²) in [6.45, 7) is 5.53. The number of hydrogen-bond acceptors (Lipinski definition) is 3. The van der Waals surface area contributed by atoms with Crippen LogP contribution in [0.1, 0.15) is 20.8 Å². The number of halogens is 4. The van der Waals surface area contributed by atoms with Gasteiger partial charge in [0.1, 0.15) is 10.6 Å². The topological polar surface area (TPSA) is 47.3 Å². The third-order valence-corrected chi connectivity index (χ3v) is 2.15. The zero-order valence-electron chi connectivity index (χ0n) is 10.3. The highest BCUT2D eigenvalue weighted by Gasteiger charge is 2.08. The fraction of sp³-hybridized carbons (Fsp3) is 0.455. The van der Waals surface area contributed by atoms with E-state index in [0.717, 1.165) is 0 Å². The highest BCUT2D eigenvalue weighted by Crippen LogP contribution is 2.34. The van der Waals surface area contributed by atoms with Crippen molar-refractivity contribution in [2.24, 2.45) is 5.84 Å². The first kappa shape index (κ1) is 17.9. The van der Waals surface area contributed by atoms with Gasteiger partial charge in [0.05, 0.1) is 21.8 Å². The Morgan fingerprint density at radius 3 is 2.00 bits per heavy atom. The lowest BCUT2D eigenvalue weighted by Crippen LogP contribution is -2.09. The number of benzene rings is 1. The molecule has 0 unspecified atom stereocenters. The number of anilines is 1. The van der Waals surface area contributed by atoms with E-state index in [1.165, 1.54) is 0 Å². The van der Waals surface area contributed by atoms with Gasteiger partial charge in [-0.3, -0.25) is 5.84 Å². The predicted octanol–water partition coefficient (Wildman–Crippen LogP) is 4.88. The van der Waals surface area contributed by atoms with E-state index in [0.29, 0.717) is 21.5 Å². The minimum absolute atomic E-state index is 0.0549. The number of rotatable bonds is 3. The molecule has 0 bridgehead atoms. The van der Waals surface area contributed by atoms with E-state index in [4.69, 9.17) is 57.0 Å². The average molecular weight is 334 g/mol. The molecule has 0 aliphatic rings. The molecule has 1 aromatic rings. The summed E-state index contributed by atoms with van der Waals surface area (Å²) in [5.74, 6) is 5.84. The van der Waals surface area contributed by atoms with Gasteiger partial charge >= 0.3 is 0 Å². The molecule has 3 nitrogen and oxygen atoms in total. The second-order valence-electron chi connectivity index (χ2n) is 3.59. The number of ether oxygens (including phenoxy) is 1. The molecule has 104 valence electrons. The monoisotopic (exact) mass is 332 g/mol. The van der Waals surface area contributed by atoms with Crippen molar-refractivity contribution < 1.29 is 4.74 Å². The van der Waals surface area contributed by atoms with Crippen LogP contribution >= 0.6 is 46.4 Å². The molecule has 0 atom stereocenters. The van der Waals surface area contributed by atoms with Crippen LogP contribution in [0, 0.1) is 0 Å². The quantitative estimate of drug-likeness (QED) is 0.471. The van der Waals surface area contributed by atoms with Crippen molar-refractivity contribution in [1.82, 2.24) is 0 Å². The van der Waals surface area contributed by atoms with Crippen LogP contribution in [0.5, 0.6) is 5.75 Å². The van der Waals surface area contributed by atoms with Crippen LogP contribution in [0.4, 0.5) is 5.69 Å². The van der Waals surface area contributed by atoms with E-state index in [-0.39, 0.29) is 10.9 Å². The van der Waals surface area contributed by atoms with E-state index in [2.05, 4.69) is 5.43 Å². The zero-order chi connectivity index (χ0) is 14.3. The molecule has 0 heterocycles. The van der Waals surface area contributed by atoms with Gasteiger partial charge in [0, 0.05) is 6.07 Å². The number of hydrazine groups is 1. The molecule has 1 aromatic carbocycles.